The van der Waals surface area contributed by atoms with Crippen molar-refractivity contribution in [3.8, 4) is 11.3 Å². The first-order chi connectivity index (χ1) is 16.4. The van der Waals surface area contributed by atoms with Gasteiger partial charge in [0.25, 0.3) is 0 Å². The van der Waals surface area contributed by atoms with Crippen molar-refractivity contribution in [2.45, 2.75) is 59.8 Å². The van der Waals surface area contributed by atoms with Crippen LogP contribution in [0.25, 0.3) is 16.8 Å². The molecule has 2 unspecified atom stereocenters. The van der Waals surface area contributed by atoms with Crippen LogP contribution in [0.5, 0.6) is 0 Å². The number of pyridine rings is 2. The maximum Gasteiger partial charge on any atom is 0.0726 e. The zero-order chi connectivity index (χ0) is 24.4. The van der Waals surface area contributed by atoms with Gasteiger partial charge in [0.05, 0.1) is 11.4 Å². The third-order valence-corrected chi connectivity index (χ3v) is 7.40. The zero-order valence-corrected chi connectivity index (χ0v) is 21.3. The molecule has 4 rings (SSSR count). The Morgan fingerprint density at radius 2 is 1.94 bits per heavy atom. The van der Waals surface area contributed by atoms with Crippen LogP contribution in [0.2, 0.25) is 0 Å². The van der Waals surface area contributed by atoms with Gasteiger partial charge in [-0.3, -0.25) is 15.0 Å². The summed E-state index contributed by atoms with van der Waals surface area (Å²) in [6.07, 6.45) is 12.9. The minimum absolute atomic E-state index is 0.274. The van der Waals surface area contributed by atoms with E-state index in [4.69, 9.17) is 10.7 Å². The van der Waals surface area contributed by atoms with E-state index in [-0.39, 0.29) is 5.92 Å². The molecule has 3 N–H and O–H groups in total. The van der Waals surface area contributed by atoms with Gasteiger partial charge in [-0.2, -0.15) is 0 Å². The third-order valence-electron chi connectivity index (χ3n) is 7.40. The van der Waals surface area contributed by atoms with E-state index in [1.807, 2.05) is 18.5 Å². The summed E-state index contributed by atoms with van der Waals surface area (Å²) in [7, 11) is 1.77. The third kappa shape index (κ3) is 4.31. The summed E-state index contributed by atoms with van der Waals surface area (Å²) in [5.74, 6) is 1.09. The highest BCUT2D eigenvalue weighted by atomic mass is 14.9. The Kier molecular flexibility index (Phi) is 7.01. The number of nitrogens with one attached hydrogen (secondary N) is 1. The molecule has 0 saturated heterocycles. The normalized spacial score (nSPS) is 22.1. The maximum absolute atomic E-state index is 5.96. The second-order valence-corrected chi connectivity index (χ2v) is 9.87. The van der Waals surface area contributed by atoms with Gasteiger partial charge in [0.15, 0.2) is 0 Å². The first-order valence-electron chi connectivity index (χ1n) is 12.4. The van der Waals surface area contributed by atoms with Gasteiger partial charge >= 0.3 is 0 Å². The first kappa shape index (κ1) is 23.9. The van der Waals surface area contributed by atoms with E-state index in [2.05, 4.69) is 62.2 Å². The lowest BCUT2D eigenvalue weighted by atomic mass is 9.66. The number of hydrogen-bond acceptors (Lipinski definition) is 5. The fourth-order valence-electron chi connectivity index (χ4n) is 5.14. The maximum atomic E-state index is 5.96. The lowest BCUT2D eigenvalue weighted by Gasteiger charge is -2.39. The molecule has 0 amide bonds. The number of nitrogens with zero attached hydrogens (tertiary/aromatic N) is 3. The second-order valence-electron chi connectivity index (χ2n) is 9.87. The fourth-order valence-corrected chi connectivity index (χ4v) is 5.14. The van der Waals surface area contributed by atoms with Crippen LogP contribution in [-0.2, 0) is 0 Å². The van der Waals surface area contributed by atoms with Gasteiger partial charge in [-0.05, 0) is 78.3 Å². The highest BCUT2D eigenvalue weighted by Gasteiger charge is 2.36. The van der Waals surface area contributed by atoms with E-state index in [0.29, 0.717) is 11.8 Å². The highest BCUT2D eigenvalue weighted by molar-refractivity contribution is 5.89. The number of hydrogen-bond donors (Lipinski definition) is 2. The monoisotopic (exact) mass is 455 g/mol. The van der Waals surface area contributed by atoms with Gasteiger partial charge in [-0.15, -0.1) is 0 Å². The smallest absolute Gasteiger partial charge is 0.0726 e. The van der Waals surface area contributed by atoms with Crippen LogP contribution >= 0.6 is 0 Å². The minimum atomic E-state index is 0.274. The molecular weight excluding hydrogens is 418 g/mol. The van der Waals surface area contributed by atoms with Crippen molar-refractivity contribution in [1.29, 1.82) is 0 Å². The van der Waals surface area contributed by atoms with E-state index in [1.54, 1.807) is 25.0 Å². The molecule has 0 aromatic carbocycles. The fraction of sp³-hybridized carbons (Fsp3) is 0.414. The number of nitrogens with two attached hydrogens (primary N) is 1. The Hall–Kier alpha value is -3.21. The molecule has 1 saturated carbocycles. The van der Waals surface area contributed by atoms with E-state index < -0.39 is 0 Å². The molecule has 2 atom stereocenters. The van der Waals surface area contributed by atoms with Gasteiger partial charge in [0, 0.05) is 54.9 Å². The van der Waals surface area contributed by atoms with Crippen LogP contribution in [0.1, 0.15) is 69.6 Å². The topological polar surface area (TPSA) is 76.2 Å². The SMILES string of the molecule is CN=C/C(=C\N)N/C(=C1\C(=C2CCC2)C(C)C(C)c2cnc(-c3cnccc3C)cc21)C(C)C. The summed E-state index contributed by atoms with van der Waals surface area (Å²) in [5, 5.41) is 3.65. The van der Waals surface area contributed by atoms with E-state index >= 15 is 0 Å². The molecule has 0 aliphatic heterocycles. The summed E-state index contributed by atoms with van der Waals surface area (Å²) in [6, 6.07) is 4.32. The van der Waals surface area contributed by atoms with Crippen molar-refractivity contribution < 1.29 is 0 Å². The summed E-state index contributed by atoms with van der Waals surface area (Å²) in [5.41, 5.74) is 18.2. The molecule has 1 fully saturated rings. The number of rotatable bonds is 5. The molecule has 5 nitrogen and oxygen atoms in total. The van der Waals surface area contributed by atoms with Gasteiger partial charge in [0.2, 0.25) is 0 Å². The van der Waals surface area contributed by atoms with Crippen LogP contribution in [0, 0.1) is 18.8 Å². The van der Waals surface area contributed by atoms with Crippen LogP contribution < -0.4 is 11.1 Å². The van der Waals surface area contributed by atoms with Crippen LogP contribution in [0.4, 0.5) is 0 Å². The van der Waals surface area contributed by atoms with Gasteiger partial charge < -0.3 is 11.1 Å². The number of aryl methyl sites for hydroxylation is 1. The second kappa shape index (κ2) is 9.96. The average Bonchev–Trinajstić information content (AvgIpc) is 2.79. The molecule has 2 heterocycles. The van der Waals surface area contributed by atoms with E-state index in [1.165, 1.54) is 52.8 Å². The van der Waals surface area contributed by atoms with Crippen molar-refractivity contribution in [2.75, 3.05) is 7.05 Å². The van der Waals surface area contributed by atoms with Crippen molar-refractivity contribution in [1.82, 2.24) is 15.3 Å². The molecule has 5 heteroatoms. The van der Waals surface area contributed by atoms with E-state index in [0.717, 1.165) is 17.0 Å². The Morgan fingerprint density at radius 1 is 1.18 bits per heavy atom. The molecule has 2 aliphatic rings. The Morgan fingerprint density at radius 3 is 2.53 bits per heavy atom. The molecule has 0 bridgehead atoms. The summed E-state index contributed by atoms with van der Waals surface area (Å²) < 4.78 is 0. The summed E-state index contributed by atoms with van der Waals surface area (Å²) in [6.45, 7) is 11.3. The summed E-state index contributed by atoms with van der Waals surface area (Å²) >= 11 is 0. The number of allylic oxidation sites excluding steroid dienone is 5. The van der Waals surface area contributed by atoms with Gasteiger partial charge in [-0.1, -0.05) is 33.3 Å². The van der Waals surface area contributed by atoms with Gasteiger partial charge in [-0.25, -0.2) is 0 Å². The van der Waals surface area contributed by atoms with Crippen molar-refractivity contribution in [3.05, 3.63) is 76.2 Å². The van der Waals surface area contributed by atoms with Crippen LogP contribution in [0.15, 0.2) is 64.5 Å². The molecule has 2 aromatic heterocycles. The zero-order valence-electron chi connectivity index (χ0n) is 21.3. The van der Waals surface area contributed by atoms with Gasteiger partial charge in [0.1, 0.15) is 0 Å². The molecule has 0 spiro atoms. The average molecular weight is 456 g/mol. The number of aromatic nitrogens is 2. The molecular formula is C29H37N5. The Balaban J connectivity index is 2.02. The quantitative estimate of drug-likeness (QED) is 0.531. The lowest BCUT2D eigenvalue weighted by molar-refractivity contribution is 0.529. The predicted octanol–water partition coefficient (Wildman–Crippen LogP) is 6.14. The summed E-state index contributed by atoms with van der Waals surface area (Å²) in [4.78, 5) is 13.5. The molecule has 34 heavy (non-hydrogen) atoms. The number of aliphatic imine (C=N–C) groups is 1. The van der Waals surface area contributed by atoms with Crippen molar-refractivity contribution in [2.24, 2.45) is 22.6 Å². The standard InChI is InChI=1S/C29H37N5/c1-17(2)29(34-22(13-30)14-31-6)28-23-12-26(24-15-32-11-10-18(24)3)33-16-25(23)19(4)20(5)27(28)21-8-7-9-21/h10-17,19-20,34H,7-9,30H2,1-6H3/b22-13+,29-28-,31-14?. The lowest BCUT2D eigenvalue weighted by Crippen LogP contribution is -2.28. The molecule has 2 aromatic rings. The number of fused-ring (bicyclic) bond motifs is 1. The largest absolute Gasteiger partial charge is 0.403 e. The van der Waals surface area contributed by atoms with Crippen LogP contribution in [0.3, 0.4) is 0 Å². The first-order valence-corrected chi connectivity index (χ1v) is 12.4. The van der Waals surface area contributed by atoms with Crippen molar-refractivity contribution in [3.63, 3.8) is 0 Å². The molecule has 0 radical (unpaired) electrons. The minimum Gasteiger partial charge on any atom is -0.403 e. The Labute approximate surface area is 204 Å². The molecule has 178 valence electrons. The van der Waals surface area contributed by atoms with Crippen LogP contribution in [-0.4, -0.2) is 23.2 Å². The molecule has 2 aliphatic carbocycles. The van der Waals surface area contributed by atoms with E-state index in [9.17, 15) is 0 Å². The van der Waals surface area contributed by atoms with Crippen molar-refractivity contribution >= 4 is 11.8 Å². The Bertz CT molecular complexity index is 1190. The highest BCUT2D eigenvalue weighted by Crippen LogP contribution is 2.51. The predicted molar refractivity (Wildman–Crippen MR) is 142 cm³/mol.